The van der Waals surface area contributed by atoms with Crippen molar-refractivity contribution < 1.29 is 9.66 Å². The molecule has 0 N–H and O–H groups in total. The summed E-state index contributed by atoms with van der Waals surface area (Å²) in [4.78, 5) is 16.7. The quantitative estimate of drug-likeness (QED) is 0.585. The van der Waals surface area contributed by atoms with Crippen molar-refractivity contribution in [1.82, 2.24) is 4.98 Å². The molecule has 1 unspecified atom stereocenters. The second kappa shape index (κ2) is 7.04. The van der Waals surface area contributed by atoms with Crippen LogP contribution in [0.25, 0.3) is 0 Å². The summed E-state index contributed by atoms with van der Waals surface area (Å²) in [6.45, 7) is 2.50. The van der Waals surface area contributed by atoms with Crippen LogP contribution in [0, 0.1) is 10.1 Å². The van der Waals surface area contributed by atoms with Crippen LogP contribution in [0.4, 0.5) is 11.4 Å². The average molecular weight is 342 g/mol. The van der Waals surface area contributed by atoms with Gasteiger partial charge in [0.2, 0.25) is 0 Å². The highest BCUT2D eigenvalue weighted by molar-refractivity contribution is 7.09. The third-order valence-corrected chi connectivity index (χ3v) is 4.58. The molecule has 2 rings (SSSR count). The number of rotatable bonds is 6. The summed E-state index contributed by atoms with van der Waals surface area (Å²) >= 11 is 7.67. The van der Waals surface area contributed by atoms with Gasteiger partial charge in [-0.05, 0) is 13.0 Å². The molecule has 0 aliphatic rings. The number of nitro benzene ring substituents is 1. The lowest BCUT2D eigenvalue weighted by Crippen LogP contribution is -2.17. The number of anilines is 1. The number of benzene rings is 1. The molecule has 0 saturated heterocycles. The first-order valence-corrected chi connectivity index (χ1v) is 7.80. The van der Waals surface area contributed by atoms with Crippen molar-refractivity contribution in [2.45, 2.75) is 19.6 Å². The molecule has 118 valence electrons. The Morgan fingerprint density at radius 3 is 2.86 bits per heavy atom. The van der Waals surface area contributed by atoms with Gasteiger partial charge in [-0.25, -0.2) is 4.98 Å². The standard InChI is InChI=1S/C14H16ClN3O3S/c1-9(21-3)14-16-10(8-22-14)7-17(2)13-5-4-11(18(19)20)6-12(13)15/h4-6,8-9H,7H2,1-3H3. The Kier molecular flexibility index (Phi) is 5.33. The van der Waals surface area contributed by atoms with Gasteiger partial charge in [0, 0.05) is 31.7 Å². The molecular weight excluding hydrogens is 326 g/mol. The number of non-ortho nitro benzene ring substituents is 1. The van der Waals surface area contributed by atoms with Crippen LogP contribution in [-0.4, -0.2) is 24.1 Å². The van der Waals surface area contributed by atoms with Gasteiger partial charge in [-0.15, -0.1) is 11.3 Å². The first kappa shape index (κ1) is 16.7. The highest BCUT2D eigenvalue weighted by Gasteiger charge is 2.14. The van der Waals surface area contributed by atoms with E-state index in [2.05, 4.69) is 4.98 Å². The number of methoxy groups -OCH3 is 1. The van der Waals surface area contributed by atoms with E-state index in [0.717, 1.165) is 16.4 Å². The minimum absolute atomic E-state index is 0.0213. The van der Waals surface area contributed by atoms with E-state index in [9.17, 15) is 10.1 Å². The van der Waals surface area contributed by atoms with E-state index < -0.39 is 4.92 Å². The molecule has 0 fully saturated rings. The number of nitrogens with zero attached hydrogens (tertiary/aromatic N) is 3. The number of hydrogen-bond donors (Lipinski definition) is 0. The van der Waals surface area contributed by atoms with Gasteiger partial charge < -0.3 is 9.64 Å². The van der Waals surface area contributed by atoms with E-state index in [0.29, 0.717) is 11.6 Å². The van der Waals surface area contributed by atoms with Gasteiger partial charge in [0.05, 0.1) is 27.9 Å². The summed E-state index contributed by atoms with van der Waals surface area (Å²) in [6, 6.07) is 4.44. The Labute approximate surface area is 137 Å². The molecule has 1 heterocycles. The Balaban J connectivity index is 2.13. The minimum Gasteiger partial charge on any atom is -0.375 e. The summed E-state index contributed by atoms with van der Waals surface area (Å²) in [5.41, 5.74) is 1.61. The van der Waals surface area contributed by atoms with Crippen molar-refractivity contribution in [3.8, 4) is 0 Å². The second-order valence-corrected chi connectivity index (χ2v) is 6.10. The number of thiazole rings is 1. The Morgan fingerprint density at radius 1 is 1.55 bits per heavy atom. The number of hydrogen-bond acceptors (Lipinski definition) is 6. The van der Waals surface area contributed by atoms with Gasteiger partial charge in [-0.2, -0.15) is 0 Å². The number of nitro groups is 1. The molecule has 0 aliphatic heterocycles. The number of ether oxygens (including phenoxy) is 1. The van der Waals surface area contributed by atoms with E-state index in [1.165, 1.54) is 12.1 Å². The lowest BCUT2D eigenvalue weighted by Gasteiger charge is -2.19. The summed E-state index contributed by atoms with van der Waals surface area (Å²) in [5, 5.41) is 14.0. The normalized spacial score (nSPS) is 12.2. The van der Waals surface area contributed by atoms with Crippen LogP contribution < -0.4 is 4.90 Å². The van der Waals surface area contributed by atoms with Gasteiger partial charge in [-0.3, -0.25) is 10.1 Å². The topological polar surface area (TPSA) is 68.5 Å². The monoisotopic (exact) mass is 341 g/mol. The van der Waals surface area contributed by atoms with Crippen molar-refractivity contribution in [1.29, 1.82) is 0 Å². The van der Waals surface area contributed by atoms with E-state index >= 15 is 0 Å². The van der Waals surface area contributed by atoms with E-state index in [1.807, 2.05) is 24.3 Å². The molecule has 22 heavy (non-hydrogen) atoms. The van der Waals surface area contributed by atoms with Crippen LogP contribution >= 0.6 is 22.9 Å². The van der Waals surface area contributed by atoms with Crippen LogP contribution in [0.5, 0.6) is 0 Å². The lowest BCUT2D eigenvalue weighted by atomic mass is 10.2. The molecule has 0 bridgehead atoms. The predicted molar refractivity (Wildman–Crippen MR) is 87.8 cm³/mol. The SMILES string of the molecule is COC(C)c1nc(CN(C)c2ccc([N+](=O)[O-])cc2Cl)cs1. The molecule has 0 aliphatic carbocycles. The Morgan fingerprint density at radius 2 is 2.27 bits per heavy atom. The van der Waals surface area contributed by atoms with Crippen molar-refractivity contribution >= 4 is 34.3 Å². The summed E-state index contributed by atoms with van der Waals surface area (Å²) < 4.78 is 5.24. The third kappa shape index (κ3) is 3.73. The zero-order valence-corrected chi connectivity index (χ0v) is 14.0. The van der Waals surface area contributed by atoms with Crippen molar-refractivity contribution in [2.75, 3.05) is 19.1 Å². The van der Waals surface area contributed by atoms with E-state index in [1.54, 1.807) is 24.5 Å². The first-order chi connectivity index (χ1) is 10.4. The summed E-state index contributed by atoms with van der Waals surface area (Å²) in [7, 11) is 3.51. The van der Waals surface area contributed by atoms with Gasteiger partial charge in [0.15, 0.2) is 0 Å². The fourth-order valence-corrected chi connectivity index (χ4v) is 3.09. The largest absolute Gasteiger partial charge is 0.375 e. The molecule has 1 aromatic heterocycles. The maximum absolute atomic E-state index is 10.7. The highest BCUT2D eigenvalue weighted by atomic mass is 35.5. The van der Waals surface area contributed by atoms with Gasteiger partial charge in [-0.1, -0.05) is 11.6 Å². The number of aromatic nitrogens is 1. The van der Waals surface area contributed by atoms with Crippen LogP contribution in [0.15, 0.2) is 23.6 Å². The Bertz CT molecular complexity index is 677. The van der Waals surface area contributed by atoms with E-state index in [-0.39, 0.29) is 11.8 Å². The van der Waals surface area contributed by atoms with Crippen LogP contribution in [-0.2, 0) is 11.3 Å². The van der Waals surface area contributed by atoms with Crippen molar-refractivity contribution in [3.05, 3.63) is 49.4 Å². The molecule has 8 heteroatoms. The Hall–Kier alpha value is -1.70. The fourth-order valence-electron chi connectivity index (χ4n) is 1.93. The van der Waals surface area contributed by atoms with Crippen molar-refractivity contribution in [2.24, 2.45) is 0 Å². The van der Waals surface area contributed by atoms with E-state index in [4.69, 9.17) is 16.3 Å². The summed E-state index contributed by atoms with van der Waals surface area (Å²) in [5.74, 6) is 0. The number of halogens is 1. The molecule has 1 atom stereocenters. The molecule has 0 spiro atoms. The van der Waals surface area contributed by atoms with Gasteiger partial charge in [0.1, 0.15) is 11.1 Å². The third-order valence-electron chi connectivity index (χ3n) is 3.22. The fraction of sp³-hybridized carbons (Fsp3) is 0.357. The molecule has 0 saturated carbocycles. The zero-order valence-electron chi connectivity index (χ0n) is 12.4. The molecule has 6 nitrogen and oxygen atoms in total. The smallest absolute Gasteiger partial charge is 0.271 e. The minimum atomic E-state index is -0.464. The molecule has 1 aromatic carbocycles. The first-order valence-electron chi connectivity index (χ1n) is 6.54. The van der Waals surface area contributed by atoms with Crippen LogP contribution in [0.3, 0.4) is 0 Å². The average Bonchev–Trinajstić information content (AvgIpc) is 2.94. The maximum atomic E-state index is 10.7. The zero-order chi connectivity index (χ0) is 16.3. The molecule has 2 aromatic rings. The molecular formula is C14H16ClN3O3S. The highest BCUT2D eigenvalue weighted by Crippen LogP contribution is 2.30. The van der Waals surface area contributed by atoms with Crippen molar-refractivity contribution in [3.63, 3.8) is 0 Å². The maximum Gasteiger partial charge on any atom is 0.271 e. The van der Waals surface area contributed by atoms with Gasteiger partial charge >= 0.3 is 0 Å². The van der Waals surface area contributed by atoms with Gasteiger partial charge in [0.25, 0.3) is 5.69 Å². The van der Waals surface area contributed by atoms with Crippen LogP contribution in [0.1, 0.15) is 23.7 Å². The second-order valence-electron chi connectivity index (χ2n) is 4.80. The predicted octanol–water partition coefficient (Wildman–Crippen LogP) is 4.05. The summed E-state index contributed by atoms with van der Waals surface area (Å²) in [6.07, 6.45) is -0.0352. The molecule has 0 radical (unpaired) electrons. The molecule has 0 amide bonds. The van der Waals surface area contributed by atoms with Crippen LogP contribution in [0.2, 0.25) is 5.02 Å². The lowest BCUT2D eigenvalue weighted by molar-refractivity contribution is -0.384.